The van der Waals surface area contributed by atoms with E-state index >= 15 is 0 Å². The van der Waals surface area contributed by atoms with Crippen molar-refractivity contribution in [2.45, 2.75) is 213 Å². The first-order valence-corrected chi connectivity index (χ1v) is 28.3. The van der Waals surface area contributed by atoms with E-state index in [0.29, 0.717) is 74.5 Å². The van der Waals surface area contributed by atoms with E-state index in [4.69, 9.17) is 32.5 Å². The molecule has 0 radical (unpaired) electrons. The molecule has 0 aromatic rings. The Morgan fingerprint density at radius 1 is 0.687 bits per heavy atom. The Hall–Kier alpha value is -2.34. The number of esters is 4. The Morgan fingerprint density at radius 2 is 1.16 bits per heavy atom. The van der Waals surface area contributed by atoms with Crippen molar-refractivity contribution in [2.24, 2.45) is 74.6 Å². The third kappa shape index (κ3) is 10.4. The summed E-state index contributed by atoms with van der Waals surface area (Å²) in [5.74, 6) is 2.83. The highest BCUT2D eigenvalue weighted by molar-refractivity contribution is 7.87. The van der Waals surface area contributed by atoms with Crippen molar-refractivity contribution in [3.63, 3.8) is 0 Å². The number of rotatable bonds is 14. The Morgan fingerprint density at radius 3 is 1.66 bits per heavy atom. The van der Waals surface area contributed by atoms with Crippen LogP contribution in [0.4, 0.5) is 0 Å². The van der Waals surface area contributed by atoms with E-state index < -0.39 is 78.5 Å². The first kappa shape index (κ1) is 52.5. The van der Waals surface area contributed by atoms with Crippen LogP contribution in [-0.2, 0) is 66.9 Å². The third-order valence-corrected chi connectivity index (χ3v) is 20.8. The summed E-state index contributed by atoms with van der Waals surface area (Å²) in [5.41, 5.74) is -3.07. The van der Waals surface area contributed by atoms with Crippen LogP contribution in [0, 0.1) is 69.5 Å². The lowest BCUT2D eigenvalue weighted by molar-refractivity contribution is -0.231. The third-order valence-electron chi connectivity index (χ3n) is 18.5. The van der Waals surface area contributed by atoms with Gasteiger partial charge in [0.15, 0.2) is 6.61 Å². The van der Waals surface area contributed by atoms with Gasteiger partial charge in [0.2, 0.25) is 0 Å². The fraction of sp³-hybridized carbons (Fsp3) is 0.920. The second-order valence-electron chi connectivity index (χ2n) is 24.7. The molecule has 17 heteroatoms. The molecular weight excluding hydrogens is 903 g/mol. The minimum atomic E-state index is -4.02. The molecule has 67 heavy (non-hydrogen) atoms. The molecular formula is C50H81NO14S2. The molecule has 7 unspecified atom stereocenters. The van der Waals surface area contributed by atoms with E-state index in [1.54, 1.807) is 13.8 Å². The smallest absolute Gasteiger partial charge is 0.344 e. The van der Waals surface area contributed by atoms with Crippen molar-refractivity contribution in [1.29, 1.82) is 0 Å². The molecule has 0 spiro atoms. The Kier molecular flexibility index (Phi) is 14.4. The molecule has 1 heterocycles. The molecule has 10 bridgehead atoms. The predicted octanol–water partition coefficient (Wildman–Crippen LogP) is 8.11. The number of fused-ring (bicyclic) bond motifs is 1. The standard InChI is InChI=1S/C19H32O2.C16H27NO5S.C15H22O7S/c1-6-18(4,5)17(20)21-19(12(2)3)15-8-13-7-14(10-15)11-16(19)9-13;1-4-14(2,3)13(18)21-15-6-11-5-12(7-15)9-16(8-11,10-15)22-23(17,19)20;1-4-15(2,3)14(17)20-7-11(16)21-12-8-5-9-10(6-8)23(18,19)22-13(9)12/h12-16H,6-11H2,1-5H3;11-12H,4-10H2,1-3H3,(H2,17,19,20);8-10,12-13H,4-7H2,1-3H3. The Bertz CT molecular complexity index is 2090. The van der Waals surface area contributed by atoms with E-state index in [1.807, 2.05) is 41.5 Å². The lowest BCUT2D eigenvalue weighted by Crippen LogP contribution is -2.63. The van der Waals surface area contributed by atoms with Crippen LogP contribution in [-0.4, -0.2) is 81.6 Å². The number of hydrogen-bond acceptors (Lipinski definition) is 14. The quantitative estimate of drug-likeness (QED) is 0.0988. The predicted molar refractivity (Wildman–Crippen MR) is 248 cm³/mol. The Labute approximate surface area is 400 Å². The lowest BCUT2D eigenvalue weighted by Gasteiger charge is -2.62. The highest BCUT2D eigenvalue weighted by Crippen LogP contribution is 2.63. The number of hydrogen-bond donors (Lipinski definition) is 1. The fourth-order valence-corrected chi connectivity index (χ4v) is 16.9. The molecule has 10 saturated carbocycles. The molecule has 11 fully saturated rings. The van der Waals surface area contributed by atoms with Gasteiger partial charge in [-0.05, 0) is 179 Å². The van der Waals surface area contributed by atoms with Gasteiger partial charge in [-0.2, -0.15) is 16.8 Å². The minimum absolute atomic E-state index is 0.0130. The van der Waals surface area contributed by atoms with Crippen LogP contribution in [0.1, 0.15) is 179 Å². The highest BCUT2D eigenvalue weighted by atomic mass is 32.2. The summed E-state index contributed by atoms with van der Waals surface area (Å²) in [6.07, 6.45) is 13.3. The normalized spacial score (nSPS) is 39.3. The zero-order valence-corrected chi connectivity index (χ0v) is 43.7. The van der Waals surface area contributed by atoms with Crippen LogP contribution in [0.3, 0.4) is 0 Å². The van der Waals surface area contributed by atoms with Gasteiger partial charge in [-0.1, -0.05) is 34.6 Å². The van der Waals surface area contributed by atoms with Crippen LogP contribution < -0.4 is 5.14 Å². The topological polar surface area (TPSA) is 218 Å². The first-order chi connectivity index (χ1) is 30.9. The average molecular weight is 984 g/mol. The van der Waals surface area contributed by atoms with Gasteiger partial charge < -0.3 is 18.9 Å². The number of ether oxygens (including phenoxy) is 4. The van der Waals surface area contributed by atoms with Crippen LogP contribution in [0.5, 0.6) is 0 Å². The largest absolute Gasteiger partial charge is 0.459 e. The SMILES string of the molecule is CCC(C)(C)C(=O)OC1(C(C)C)C2CC3CC(C2)CC1C3.CCC(C)(C)C(=O)OC12CC3CC(C1)CC(OS(N)(=O)=O)(C3)C2.CCC(C)(C)C(=O)OCC(=O)OC1C2CC3C1OS(=O)(=O)C3C2. The molecule has 1 aliphatic heterocycles. The molecule has 11 aliphatic rings. The molecule has 15 nitrogen and oxygen atoms in total. The first-order valence-electron chi connectivity index (χ1n) is 25.4. The maximum atomic E-state index is 12.8. The van der Waals surface area contributed by atoms with Crippen molar-refractivity contribution in [2.75, 3.05) is 6.61 Å². The van der Waals surface area contributed by atoms with Crippen molar-refractivity contribution in [3.8, 4) is 0 Å². The molecule has 1 saturated heterocycles. The molecule has 11 rings (SSSR count). The van der Waals surface area contributed by atoms with Gasteiger partial charge >= 0.3 is 34.2 Å². The molecule has 0 aromatic carbocycles. The van der Waals surface area contributed by atoms with Gasteiger partial charge in [0.1, 0.15) is 23.4 Å². The molecule has 382 valence electrons. The van der Waals surface area contributed by atoms with E-state index in [2.05, 4.69) is 20.8 Å². The molecule has 0 amide bonds. The molecule has 7 atom stereocenters. The zero-order valence-electron chi connectivity index (χ0n) is 42.1. The summed E-state index contributed by atoms with van der Waals surface area (Å²) >= 11 is 0. The molecule has 2 N–H and O–H groups in total. The van der Waals surface area contributed by atoms with Gasteiger partial charge in [0.05, 0.1) is 27.1 Å². The van der Waals surface area contributed by atoms with Gasteiger partial charge in [-0.15, -0.1) is 0 Å². The van der Waals surface area contributed by atoms with Crippen LogP contribution in [0.15, 0.2) is 0 Å². The van der Waals surface area contributed by atoms with Gasteiger partial charge in [-0.25, -0.2) is 9.93 Å². The van der Waals surface area contributed by atoms with E-state index in [1.165, 1.54) is 32.1 Å². The van der Waals surface area contributed by atoms with Gasteiger partial charge in [0, 0.05) is 18.3 Å². The number of nitrogens with two attached hydrogens (primary N) is 1. The van der Waals surface area contributed by atoms with Crippen LogP contribution >= 0.6 is 0 Å². The maximum absolute atomic E-state index is 12.8. The fourth-order valence-electron chi connectivity index (χ4n) is 14.3. The van der Waals surface area contributed by atoms with E-state index in [9.17, 15) is 36.0 Å². The lowest BCUT2D eigenvalue weighted by atomic mass is 9.47. The minimum Gasteiger partial charge on any atom is -0.459 e. The Balaban J connectivity index is 0.000000149. The summed E-state index contributed by atoms with van der Waals surface area (Å²) in [5, 5.41) is 4.69. The van der Waals surface area contributed by atoms with E-state index in [-0.39, 0.29) is 34.8 Å². The van der Waals surface area contributed by atoms with Crippen molar-refractivity contribution in [3.05, 3.63) is 0 Å². The summed E-state index contributed by atoms with van der Waals surface area (Å²) < 4.78 is 79.8. The number of carbonyl (C=O) groups is 4. The second kappa shape index (κ2) is 18.4. The van der Waals surface area contributed by atoms with Gasteiger partial charge in [-0.3, -0.25) is 22.7 Å². The van der Waals surface area contributed by atoms with E-state index in [0.717, 1.165) is 37.5 Å². The average Bonchev–Trinajstić information content (AvgIpc) is 3.84. The summed E-state index contributed by atoms with van der Waals surface area (Å²) in [4.78, 5) is 49.1. The monoisotopic (exact) mass is 984 g/mol. The van der Waals surface area contributed by atoms with Gasteiger partial charge in [0.25, 0.3) is 10.1 Å². The number of carbonyl (C=O) groups excluding carboxylic acids is 4. The second-order valence-corrected chi connectivity index (χ2v) is 27.7. The summed E-state index contributed by atoms with van der Waals surface area (Å²) in [6.45, 7) is 21.3. The zero-order chi connectivity index (χ0) is 49.5. The van der Waals surface area contributed by atoms with Crippen molar-refractivity contribution >= 4 is 44.3 Å². The molecule has 0 aromatic heterocycles. The molecule has 10 aliphatic carbocycles. The van der Waals surface area contributed by atoms with Crippen LogP contribution in [0.2, 0.25) is 0 Å². The van der Waals surface area contributed by atoms with Crippen LogP contribution in [0.25, 0.3) is 0 Å². The summed E-state index contributed by atoms with van der Waals surface area (Å²) in [7, 11) is -7.54. The van der Waals surface area contributed by atoms with Crippen molar-refractivity contribution in [1.82, 2.24) is 0 Å². The van der Waals surface area contributed by atoms with Crippen molar-refractivity contribution < 1.29 is 63.3 Å². The maximum Gasteiger partial charge on any atom is 0.344 e. The summed E-state index contributed by atoms with van der Waals surface area (Å²) in [6, 6.07) is 0. The highest BCUT2D eigenvalue weighted by Gasteiger charge is 2.66.